The molecule has 4 fully saturated rings. The maximum absolute atomic E-state index is 17.5. The van der Waals surface area contributed by atoms with Gasteiger partial charge in [0.2, 0.25) is 0 Å². The molecule has 0 spiro atoms. The Bertz CT molecular complexity index is 2340. The van der Waals surface area contributed by atoms with Crippen molar-refractivity contribution in [3.05, 3.63) is 47.4 Å². The van der Waals surface area contributed by atoms with Crippen LogP contribution in [0.1, 0.15) is 69.1 Å². The summed E-state index contributed by atoms with van der Waals surface area (Å²) in [4.78, 5) is 16.9. The van der Waals surface area contributed by atoms with E-state index in [1.807, 2.05) is 0 Å². The van der Waals surface area contributed by atoms with E-state index in [9.17, 15) is 4.39 Å². The van der Waals surface area contributed by atoms with Crippen LogP contribution >= 0.6 is 0 Å². The molecule has 3 aliphatic heterocycles. The highest BCUT2D eigenvalue weighted by Gasteiger charge is 2.56. The van der Waals surface area contributed by atoms with Crippen molar-refractivity contribution in [3.8, 4) is 28.7 Å². The standard InChI is InChI=1S/C42H49F5N6O2Si/c1-22(2)56(23(3)4,24(5)6)13-8-28-33-25(15-32(44)34(28)45)14-27(48)16-29(33)37-36(47)38-30(18-49-37)40(53-11-12-54-20-31-35(46)39(31)53)51-41(50-38)55-21-42-9-7-10-52(42)19-26(43)17-42/h14-16,18,22-24,26,31,35,39H,7,9-12,17,19-21,48H2,1-6H3/t26-,31-,35-,39-,42+/m1/s1/i21D2. The molecule has 5 atom stereocenters. The van der Waals surface area contributed by atoms with Crippen LogP contribution in [0.15, 0.2) is 24.4 Å². The van der Waals surface area contributed by atoms with Crippen molar-refractivity contribution in [1.82, 2.24) is 19.9 Å². The highest BCUT2D eigenvalue weighted by atomic mass is 28.3. The van der Waals surface area contributed by atoms with Gasteiger partial charge < -0.3 is 20.1 Å². The third-order valence-corrected chi connectivity index (χ3v) is 19.0. The lowest BCUT2D eigenvalue weighted by Gasteiger charge is -2.38. The van der Waals surface area contributed by atoms with E-state index in [2.05, 4.69) is 68.0 Å². The Morgan fingerprint density at radius 2 is 1.80 bits per heavy atom. The molecule has 3 saturated heterocycles. The second kappa shape index (κ2) is 14.4. The number of pyridine rings is 1. The third-order valence-electron chi connectivity index (χ3n) is 12.7. The van der Waals surface area contributed by atoms with E-state index in [0.29, 0.717) is 19.4 Å². The van der Waals surface area contributed by atoms with Gasteiger partial charge in [0.05, 0.1) is 38.5 Å². The van der Waals surface area contributed by atoms with Gasteiger partial charge in [-0.05, 0) is 59.6 Å². The second-order valence-corrected chi connectivity index (χ2v) is 22.4. The Morgan fingerprint density at radius 3 is 2.54 bits per heavy atom. The van der Waals surface area contributed by atoms with Crippen molar-refractivity contribution in [2.75, 3.05) is 50.0 Å². The maximum Gasteiger partial charge on any atom is 0.319 e. The van der Waals surface area contributed by atoms with E-state index >= 15 is 17.6 Å². The molecule has 4 aromatic rings. The summed E-state index contributed by atoms with van der Waals surface area (Å²) in [5, 5.41) is 0.388. The number of benzene rings is 2. The summed E-state index contributed by atoms with van der Waals surface area (Å²) in [6, 6.07) is 2.72. The summed E-state index contributed by atoms with van der Waals surface area (Å²) in [5.74, 6) is -0.645. The predicted molar refractivity (Wildman–Crippen MR) is 211 cm³/mol. The molecule has 5 heterocycles. The summed E-state index contributed by atoms with van der Waals surface area (Å²) >= 11 is 0. The number of fused-ring (bicyclic) bond motifs is 4. The molecule has 2 aromatic heterocycles. The molecule has 2 aromatic carbocycles. The number of halogens is 5. The van der Waals surface area contributed by atoms with E-state index < -0.39 is 67.9 Å². The lowest BCUT2D eigenvalue weighted by molar-refractivity contribution is 0.107. The molecule has 2 N–H and O–H groups in total. The number of anilines is 2. The summed E-state index contributed by atoms with van der Waals surface area (Å²) in [7, 11) is -2.47. The number of nitrogens with zero attached hydrogens (tertiary/aromatic N) is 5. The molecule has 0 unspecified atom stereocenters. The molecule has 0 radical (unpaired) electrons. The van der Waals surface area contributed by atoms with Gasteiger partial charge in [-0.1, -0.05) is 47.5 Å². The zero-order chi connectivity index (χ0) is 41.6. The molecular weight excluding hydrogens is 744 g/mol. The molecule has 4 aliphatic rings. The number of nitrogen functional groups attached to an aromatic ring is 1. The number of ether oxygens (including phenoxy) is 2. The monoisotopic (exact) mass is 794 g/mol. The van der Waals surface area contributed by atoms with Gasteiger partial charge in [0.15, 0.2) is 17.5 Å². The normalized spacial score (nSPS) is 26.0. The summed E-state index contributed by atoms with van der Waals surface area (Å²) in [6.45, 7) is 11.3. The van der Waals surface area contributed by atoms with Gasteiger partial charge in [0.25, 0.3) is 0 Å². The maximum atomic E-state index is 17.5. The number of hydrogen-bond acceptors (Lipinski definition) is 8. The van der Waals surface area contributed by atoms with Crippen LogP contribution in [-0.4, -0.2) is 91.3 Å². The Hall–Kier alpha value is -4.06. The fourth-order valence-electron chi connectivity index (χ4n) is 9.98. The van der Waals surface area contributed by atoms with Gasteiger partial charge in [0.1, 0.15) is 44.0 Å². The minimum Gasteiger partial charge on any atom is -0.461 e. The van der Waals surface area contributed by atoms with Crippen LogP contribution in [-0.2, 0) is 4.74 Å². The van der Waals surface area contributed by atoms with E-state index in [-0.39, 0.29) is 99.3 Å². The lowest BCUT2D eigenvalue weighted by Crippen LogP contribution is -2.43. The number of aromatic nitrogens is 3. The van der Waals surface area contributed by atoms with Crippen LogP contribution in [0.3, 0.4) is 0 Å². The van der Waals surface area contributed by atoms with Crippen LogP contribution in [0, 0.1) is 34.8 Å². The van der Waals surface area contributed by atoms with Crippen molar-refractivity contribution in [3.63, 3.8) is 0 Å². The molecular formula is C42H49F5N6O2Si. The van der Waals surface area contributed by atoms with Crippen molar-refractivity contribution in [2.45, 2.75) is 101 Å². The molecule has 1 saturated carbocycles. The van der Waals surface area contributed by atoms with Gasteiger partial charge in [0, 0.05) is 48.3 Å². The Kier molecular flexibility index (Phi) is 9.33. The second-order valence-electron chi connectivity index (χ2n) is 16.8. The van der Waals surface area contributed by atoms with Gasteiger partial charge in [-0.3, -0.25) is 9.88 Å². The van der Waals surface area contributed by atoms with Crippen LogP contribution in [0.2, 0.25) is 16.6 Å². The zero-order valence-corrected chi connectivity index (χ0v) is 33.5. The van der Waals surface area contributed by atoms with Crippen LogP contribution in [0.4, 0.5) is 33.5 Å². The quantitative estimate of drug-likeness (QED) is 0.0823. The van der Waals surface area contributed by atoms with Gasteiger partial charge in [-0.2, -0.15) is 9.97 Å². The van der Waals surface area contributed by atoms with Crippen LogP contribution in [0.25, 0.3) is 32.9 Å². The fourth-order valence-corrected chi connectivity index (χ4v) is 15.2. The van der Waals surface area contributed by atoms with Crippen LogP contribution in [0.5, 0.6) is 6.01 Å². The average Bonchev–Trinajstić information content (AvgIpc) is 3.50. The number of alkyl halides is 2. The largest absolute Gasteiger partial charge is 0.461 e. The van der Waals surface area contributed by atoms with Crippen molar-refractivity contribution < 1.29 is 34.2 Å². The molecule has 298 valence electrons. The Morgan fingerprint density at radius 1 is 1.05 bits per heavy atom. The van der Waals surface area contributed by atoms with Gasteiger partial charge >= 0.3 is 6.01 Å². The first-order valence-corrected chi connectivity index (χ1v) is 21.8. The molecule has 0 amide bonds. The molecule has 14 heteroatoms. The number of nitrogens with two attached hydrogens (primary N) is 1. The van der Waals surface area contributed by atoms with Crippen molar-refractivity contribution in [2.24, 2.45) is 5.92 Å². The summed E-state index contributed by atoms with van der Waals surface area (Å²) in [5.41, 5.74) is 8.35. The minimum absolute atomic E-state index is 0.0381. The first-order chi connectivity index (χ1) is 27.4. The highest BCUT2D eigenvalue weighted by molar-refractivity contribution is 6.90. The van der Waals surface area contributed by atoms with E-state index in [1.165, 1.54) is 18.3 Å². The van der Waals surface area contributed by atoms with E-state index in [1.54, 1.807) is 9.80 Å². The first kappa shape index (κ1) is 36.3. The van der Waals surface area contributed by atoms with E-state index in [0.717, 1.165) is 6.07 Å². The van der Waals surface area contributed by atoms with Crippen LogP contribution < -0.4 is 15.4 Å². The Labute approximate surface area is 328 Å². The average molecular weight is 795 g/mol. The Balaban J connectivity index is 1.34. The fraction of sp³-hybridized carbons (Fsp3) is 0.548. The first-order valence-electron chi connectivity index (χ1n) is 20.6. The predicted octanol–water partition coefficient (Wildman–Crippen LogP) is 8.54. The SMILES string of the molecule is [2H]C([2H])(Oc1nc(N2CCOC[C@@H]3[C@@H](F)[C@@H]32)c2cnc(-c3cc(N)cc4cc(F)c(F)c(C#C[Si](C(C)C)(C(C)C)C(C)C)c34)c(F)c2n1)[C@@]12CCCN1C[C@H](F)C2. The van der Waals surface area contributed by atoms with Gasteiger partial charge in [-0.25, -0.2) is 22.0 Å². The smallest absolute Gasteiger partial charge is 0.319 e. The molecule has 8 rings (SSSR count). The van der Waals surface area contributed by atoms with Crippen molar-refractivity contribution >= 4 is 41.3 Å². The summed E-state index contributed by atoms with van der Waals surface area (Å²) < 4.78 is 109. The minimum atomic E-state index is -2.51. The summed E-state index contributed by atoms with van der Waals surface area (Å²) in [6.07, 6.45) is -0.308. The highest BCUT2D eigenvalue weighted by Crippen LogP contribution is 2.46. The number of hydrogen-bond donors (Lipinski definition) is 1. The molecule has 8 nitrogen and oxygen atoms in total. The zero-order valence-electron chi connectivity index (χ0n) is 34.5. The molecule has 1 aliphatic carbocycles. The topological polar surface area (TPSA) is 89.6 Å². The third kappa shape index (κ3) is 6.29. The van der Waals surface area contributed by atoms with Crippen molar-refractivity contribution in [1.29, 1.82) is 0 Å². The lowest BCUT2D eigenvalue weighted by atomic mass is 9.95. The number of rotatable bonds is 8. The molecule has 56 heavy (non-hydrogen) atoms. The molecule has 0 bridgehead atoms. The van der Waals surface area contributed by atoms with Gasteiger partial charge in [-0.15, -0.1) is 5.54 Å². The van der Waals surface area contributed by atoms with E-state index in [4.69, 9.17) is 17.9 Å².